The van der Waals surface area contributed by atoms with Crippen LogP contribution < -0.4 is 5.32 Å². The molecule has 1 atom stereocenters. The SMILES string of the molecule is CN1CCCCC[C@H]1c1ccc(CNC(=O)c2cccc(C(F)(F)F)c2Cl)cc1. The number of benzene rings is 2. The molecule has 0 unspecified atom stereocenters. The molecule has 1 amide bonds. The van der Waals surface area contributed by atoms with Gasteiger partial charge in [-0.2, -0.15) is 13.2 Å². The Hall–Kier alpha value is -2.05. The van der Waals surface area contributed by atoms with Gasteiger partial charge in [-0.25, -0.2) is 0 Å². The lowest BCUT2D eigenvalue weighted by atomic mass is 10.00. The van der Waals surface area contributed by atoms with E-state index in [0.29, 0.717) is 6.04 Å². The summed E-state index contributed by atoms with van der Waals surface area (Å²) < 4.78 is 38.9. The van der Waals surface area contributed by atoms with Crippen LogP contribution in [0.1, 0.15) is 58.8 Å². The quantitative estimate of drug-likeness (QED) is 0.669. The lowest BCUT2D eigenvalue weighted by molar-refractivity contribution is -0.137. The number of amides is 1. The van der Waals surface area contributed by atoms with Gasteiger partial charge in [0.05, 0.1) is 16.1 Å². The second kappa shape index (κ2) is 9.18. The summed E-state index contributed by atoms with van der Waals surface area (Å²) in [7, 11) is 2.14. The monoisotopic (exact) mass is 424 g/mol. The topological polar surface area (TPSA) is 32.3 Å². The van der Waals surface area contributed by atoms with Gasteiger partial charge < -0.3 is 5.32 Å². The number of likely N-dealkylation sites (tertiary alicyclic amines) is 1. The Kier molecular flexibility index (Phi) is 6.85. The van der Waals surface area contributed by atoms with Crippen molar-refractivity contribution in [1.29, 1.82) is 0 Å². The molecule has 1 saturated heterocycles. The minimum absolute atomic E-state index is 0.182. The van der Waals surface area contributed by atoms with Gasteiger partial charge in [-0.05, 0) is 49.7 Å². The molecule has 0 aromatic heterocycles. The molecule has 29 heavy (non-hydrogen) atoms. The maximum absolute atomic E-state index is 13.0. The molecule has 0 aliphatic carbocycles. The van der Waals surface area contributed by atoms with Gasteiger partial charge in [0.25, 0.3) is 5.91 Å². The molecule has 0 saturated carbocycles. The Morgan fingerprint density at radius 1 is 1.14 bits per heavy atom. The van der Waals surface area contributed by atoms with Crippen LogP contribution in [-0.4, -0.2) is 24.4 Å². The largest absolute Gasteiger partial charge is 0.417 e. The van der Waals surface area contributed by atoms with Crippen LogP contribution in [0.4, 0.5) is 13.2 Å². The minimum atomic E-state index is -4.60. The Morgan fingerprint density at radius 3 is 2.55 bits per heavy atom. The lowest BCUT2D eigenvalue weighted by Gasteiger charge is -2.26. The molecule has 1 aliphatic heterocycles. The normalized spacial score (nSPS) is 18.3. The molecule has 0 spiro atoms. The molecule has 2 aromatic rings. The van der Waals surface area contributed by atoms with Crippen LogP contribution in [0.15, 0.2) is 42.5 Å². The van der Waals surface area contributed by atoms with Gasteiger partial charge in [0.2, 0.25) is 0 Å². The highest BCUT2D eigenvalue weighted by Gasteiger charge is 2.34. The summed E-state index contributed by atoms with van der Waals surface area (Å²) in [6, 6.07) is 11.7. The second-order valence-corrected chi connectivity index (χ2v) is 7.81. The van der Waals surface area contributed by atoms with Crippen molar-refractivity contribution in [2.24, 2.45) is 0 Å². The van der Waals surface area contributed by atoms with Crippen molar-refractivity contribution in [3.8, 4) is 0 Å². The van der Waals surface area contributed by atoms with Crippen LogP contribution in [0.25, 0.3) is 0 Å². The highest BCUT2D eigenvalue weighted by molar-refractivity contribution is 6.34. The van der Waals surface area contributed by atoms with Crippen molar-refractivity contribution in [1.82, 2.24) is 10.2 Å². The van der Waals surface area contributed by atoms with Crippen LogP contribution in [-0.2, 0) is 12.7 Å². The third-order valence-electron chi connectivity index (χ3n) is 5.39. The summed E-state index contributed by atoms with van der Waals surface area (Å²) in [5, 5.41) is 2.07. The molecule has 1 heterocycles. The van der Waals surface area contributed by atoms with Gasteiger partial charge in [0, 0.05) is 12.6 Å². The number of nitrogens with one attached hydrogen (secondary N) is 1. The molecule has 3 nitrogen and oxygen atoms in total. The van der Waals surface area contributed by atoms with Gasteiger partial charge in [-0.15, -0.1) is 0 Å². The maximum atomic E-state index is 13.0. The highest BCUT2D eigenvalue weighted by atomic mass is 35.5. The zero-order chi connectivity index (χ0) is 21.0. The fourth-order valence-corrected chi connectivity index (χ4v) is 4.05. The number of carbonyl (C=O) groups is 1. The Balaban J connectivity index is 1.65. The third-order valence-corrected chi connectivity index (χ3v) is 5.79. The second-order valence-electron chi connectivity index (χ2n) is 7.43. The average molecular weight is 425 g/mol. The van der Waals surface area contributed by atoms with E-state index < -0.39 is 22.7 Å². The Morgan fingerprint density at radius 2 is 1.86 bits per heavy atom. The Labute approximate surface area is 173 Å². The van der Waals surface area contributed by atoms with E-state index in [4.69, 9.17) is 11.6 Å². The van der Waals surface area contributed by atoms with Crippen molar-refractivity contribution in [3.63, 3.8) is 0 Å². The maximum Gasteiger partial charge on any atom is 0.417 e. The standard InChI is InChI=1S/C22H24ClF3N2O/c1-28-13-4-2-3-8-19(28)16-11-9-15(10-12-16)14-27-21(29)17-6-5-7-18(20(17)23)22(24,25)26/h5-7,9-12,19H,2-4,8,13-14H2,1H3,(H,27,29)/t19-/m0/s1. The molecule has 2 aromatic carbocycles. The van der Waals surface area contributed by atoms with Crippen molar-refractivity contribution in [2.45, 2.75) is 44.4 Å². The van der Waals surface area contributed by atoms with Crippen LogP contribution in [0.5, 0.6) is 0 Å². The highest BCUT2D eigenvalue weighted by Crippen LogP contribution is 2.36. The predicted molar refractivity (Wildman–Crippen MR) is 108 cm³/mol. The first kappa shape index (κ1) is 21.7. The number of carbonyl (C=O) groups excluding carboxylic acids is 1. The molecule has 0 bridgehead atoms. The summed E-state index contributed by atoms with van der Waals surface area (Å²) in [4.78, 5) is 14.7. The van der Waals surface area contributed by atoms with E-state index in [9.17, 15) is 18.0 Å². The first-order valence-electron chi connectivity index (χ1n) is 9.70. The van der Waals surface area contributed by atoms with E-state index in [0.717, 1.165) is 24.6 Å². The zero-order valence-electron chi connectivity index (χ0n) is 16.2. The molecular weight excluding hydrogens is 401 g/mol. The summed E-state index contributed by atoms with van der Waals surface area (Å²) in [5.74, 6) is -0.631. The van der Waals surface area contributed by atoms with Gasteiger partial charge in [0.15, 0.2) is 0 Å². The molecule has 1 fully saturated rings. The molecule has 156 valence electrons. The number of alkyl halides is 3. The van der Waals surface area contributed by atoms with E-state index in [1.165, 1.54) is 37.0 Å². The molecule has 0 radical (unpaired) electrons. The van der Waals surface area contributed by atoms with E-state index in [1.807, 2.05) is 12.1 Å². The smallest absolute Gasteiger partial charge is 0.348 e. The van der Waals surface area contributed by atoms with Crippen LogP contribution in [0.3, 0.4) is 0 Å². The summed E-state index contributed by atoms with van der Waals surface area (Å²) >= 11 is 5.82. The van der Waals surface area contributed by atoms with Crippen molar-refractivity contribution in [2.75, 3.05) is 13.6 Å². The molecule has 7 heteroatoms. The molecule has 3 rings (SSSR count). The van der Waals surface area contributed by atoms with Gasteiger partial charge >= 0.3 is 6.18 Å². The lowest BCUT2D eigenvalue weighted by Crippen LogP contribution is -2.25. The first-order valence-corrected chi connectivity index (χ1v) is 10.1. The summed E-state index contributed by atoms with van der Waals surface area (Å²) in [5.41, 5.74) is 0.925. The zero-order valence-corrected chi connectivity index (χ0v) is 17.0. The first-order chi connectivity index (χ1) is 13.8. The number of rotatable bonds is 4. The van der Waals surface area contributed by atoms with Crippen molar-refractivity contribution in [3.05, 3.63) is 69.7 Å². The average Bonchev–Trinajstić information content (AvgIpc) is 2.90. The number of hydrogen-bond acceptors (Lipinski definition) is 2. The van der Waals surface area contributed by atoms with Crippen LogP contribution in [0, 0.1) is 0 Å². The summed E-state index contributed by atoms with van der Waals surface area (Å²) in [6.07, 6.45) is 0.206. The van der Waals surface area contributed by atoms with Crippen LogP contribution in [0.2, 0.25) is 5.02 Å². The Bertz CT molecular complexity index is 852. The van der Waals surface area contributed by atoms with E-state index >= 15 is 0 Å². The fourth-order valence-electron chi connectivity index (χ4n) is 3.73. The van der Waals surface area contributed by atoms with E-state index in [1.54, 1.807) is 0 Å². The molecular formula is C22H24ClF3N2O. The van der Waals surface area contributed by atoms with E-state index in [-0.39, 0.29) is 12.1 Å². The van der Waals surface area contributed by atoms with Crippen molar-refractivity contribution >= 4 is 17.5 Å². The summed E-state index contributed by atoms with van der Waals surface area (Å²) in [6.45, 7) is 1.30. The van der Waals surface area contributed by atoms with Gasteiger partial charge in [-0.1, -0.05) is 54.8 Å². The fraction of sp³-hybridized carbons (Fsp3) is 0.409. The van der Waals surface area contributed by atoms with Gasteiger partial charge in [0.1, 0.15) is 0 Å². The number of nitrogens with zero attached hydrogens (tertiary/aromatic N) is 1. The minimum Gasteiger partial charge on any atom is -0.348 e. The number of hydrogen-bond donors (Lipinski definition) is 1. The van der Waals surface area contributed by atoms with Gasteiger partial charge in [-0.3, -0.25) is 9.69 Å². The molecule has 1 aliphatic rings. The number of halogens is 4. The third kappa shape index (κ3) is 5.31. The van der Waals surface area contributed by atoms with E-state index in [2.05, 4.69) is 29.4 Å². The molecule has 1 N–H and O–H groups in total. The predicted octanol–water partition coefficient (Wildman–Crippen LogP) is 5.84. The van der Waals surface area contributed by atoms with Crippen molar-refractivity contribution < 1.29 is 18.0 Å². The van der Waals surface area contributed by atoms with Crippen LogP contribution >= 0.6 is 11.6 Å².